The van der Waals surface area contributed by atoms with Crippen molar-refractivity contribution in [3.8, 4) is 0 Å². The quantitative estimate of drug-likeness (QED) is 0.665. The summed E-state index contributed by atoms with van der Waals surface area (Å²) in [7, 11) is 0. The van der Waals surface area contributed by atoms with Crippen LogP contribution in [0.25, 0.3) is 0 Å². The number of nitrogens with zero attached hydrogens (tertiary/aromatic N) is 3. The zero-order valence-electron chi connectivity index (χ0n) is 14.2. The third kappa shape index (κ3) is 3.04. The lowest BCUT2D eigenvalue weighted by atomic mass is 10.0. The van der Waals surface area contributed by atoms with E-state index in [4.69, 9.17) is 0 Å². The standard InChI is InChI=1S/C21H18FN3O/c22-25-14-12-17-18(9-6-10-19(17)25)21(26)24(20-11-4-5-13-23-20)15-16-7-2-1-3-8-16/h1-11,13H,12,14-15H2. The second-order valence-electron chi connectivity index (χ2n) is 6.20. The summed E-state index contributed by atoms with van der Waals surface area (Å²) in [5.41, 5.74) is 2.78. The Morgan fingerprint density at radius 1 is 1.04 bits per heavy atom. The van der Waals surface area contributed by atoms with Crippen LogP contribution in [-0.4, -0.2) is 17.4 Å². The molecule has 0 radical (unpaired) electrons. The molecule has 1 aliphatic rings. The monoisotopic (exact) mass is 347 g/mol. The molecule has 5 heteroatoms. The van der Waals surface area contributed by atoms with Gasteiger partial charge in [0.05, 0.1) is 18.8 Å². The van der Waals surface area contributed by atoms with Crippen molar-refractivity contribution in [3.63, 3.8) is 0 Å². The van der Waals surface area contributed by atoms with Gasteiger partial charge in [0.15, 0.2) is 0 Å². The molecule has 130 valence electrons. The first kappa shape index (κ1) is 16.3. The third-order valence-electron chi connectivity index (χ3n) is 4.56. The average Bonchev–Trinajstić information content (AvgIpc) is 3.08. The Bertz CT molecular complexity index is 915. The lowest BCUT2D eigenvalue weighted by Gasteiger charge is -2.23. The van der Waals surface area contributed by atoms with Gasteiger partial charge in [0.1, 0.15) is 5.82 Å². The number of fused-ring (bicyclic) bond motifs is 1. The summed E-state index contributed by atoms with van der Waals surface area (Å²) in [6.45, 7) is 0.682. The fourth-order valence-electron chi connectivity index (χ4n) is 3.28. The maximum absolute atomic E-state index is 13.9. The molecule has 0 aliphatic carbocycles. The van der Waals surface area contributed by atoms with Crippen molar-refractivity contribution in [3.05, 3.63) is 89.6 Å². The Labute approximate surface area is 151 Å². The molecule has 0 N–H and O–H groups in total. The molecule has 0 fully saturated rings. The highest BCUT2D eigenvalue weighted by Crippen LogP contribution is 2.32. The van der Waals surface area contributed by atoms with Gasteiger partial charge in [0.2, 0.25) is 0 Å². The van der Waals surface area contributed by atoms with Crippen molar-refractivity contribution in [1.29, 1.82) is 0 Å². The molecule has 2 heterocycles. The summed E-state index contributed by atoms with van der Waals surface area (Å²) in [6, 6.07) is 20.5. The number of rotatable bonds is 4. The Balaban J connectivity index is 1.74. The fourth-order valence-corrected chi connectivity index (χ4v) is 3.28. The minimum absolute atomic E-state index is 0.167. The Morgan fingerprint density at radius 2 is 1.85 bits per heavy atom. The maximum Gasteiger partial charge on any atom is 0.260 e. The van der Waals surface area contributed by atoms with Crippen molar-refractivity contribution in [2.45, 2.75) is 13.0 Å². The number of hydrogen-bond donors (Lipinski definition) is 0. The lowest BCUT2D eigenvalue weighted by molar-refractivity contribution is 0.0983. The summed E-state index contributed by atoms with van der Waals surface area (Å²) in [6.07, 6.45) is 2.19. The van der Waals surface area contributed by atoms with E-state index in [1.807, 2.05) is 48.5 Å². The Kier molecular flexibility index (Phi) is 4.35. The molecule has 1 amide bonds. The highest BCUT2D eigenvalue weighted by Gasteiger charge is 2.27. The second-order valence-corrected chi connectivity index (χ2v) is 6.20. The van der Waals surface area contributed by atoms with Crippen LogP contribution in [-0.2, 0) is 13.0 Å². The number of hydrogen-bond acceptors (Lipinski definition) is 3. The molecule has 0 saturated carbocycles. The minimum Gasteiger partial charge on any atom is -0.288 e. The van der Waals surface area contributed by atoms with Gasteiger partial charge in [-0.15, -0.1) is 0 Å². The zero-order valence-corrected chi connectivity index (χ0v) is 14.2. The molecule has 0 bridgehead atoms. The summed E-state index contributed by atoms with van der Waals surface area (Å²) in [5, 5.41) is 0.703. The van der Waals surface area contributed by atoms with Gasteiger partial charge in [0, 0.05) is 11.8 Å². The van der Waals surface area contributed by atoms with E-state index in [9.17, 15) is 9.28 Å². The van der Waals surface area contributed by atoms with Crippen LogP contribution in [0.1, 0.15) is 21.5 Å². The summed E-state index contributed by atoms with van der Waals surface area (Å²) in [5.74, 6) is 0.411. The number of anilines is 2. The van der Waals surface area contributed by atoms with E-state index in [2.05, 4.69) is 4.98 Å². The molecule has 0 saturated heterocycles. The SMILES string of the molecule is O=C(c1cccc2c1CCN2F)N(Cc1ccccc1)c1ccccn1. The zero-order chi connectivity index (χ0) is 17.9. The largest absolute Gasteiger partial charge is 0.288 e. The second kappa shape index (κ2) is 6.96. The van der Waals surface area contributed by atoms with E-state index in [1.54, 1.807) is 29.3 Å². The van der Waals surface area contributed by atoms with Crippen molar-refractivity contribution in [2.24, 2.45) is 0 Å². The van der Waals surface area contributed by atoms with E-state index >= 15 is 0 Å². The van der Waals surface area contributed by atoms with E-state index in [0.29, 0.717) is 35.2 Å². The van der Waals surface area contributed by atoms with E-state index in [0.717, 1.165) is 11.1 Å². The first-order chi connectivity index (χ1) is 12.7. The number of aromatic nitrogens is 1. The number of amides is 1. The number of halogens is 1. The Hall–Kier alpha value is -3.21. The molecule has 1 aliphatic heterocycles. The first-order valence-electron chi connectivity index (χ1n) is 8.56. The van der Waals surface area contributed by atoms with Crippen LogP contribution in [0.15, 0.2) is 72.9 Å². The molecule has 0 atom stereocenters. The molecular formula is C21H18FN3O. The van der Waals surface area contributed by atoms with Gasteiger partial charge in [-0.25, -0.2) is 10.1 Å². The van der Waals surface area contributed by atoms with Crippen LogP contribution in [0, 0.1) is 0 Å². The van der Waals surface area contributed by atoms with Crippen molar-refractivity contribution >= 4 is 17.4 Å². The van der Waals surface area contributed by atoms with Gasteiger partial charge in [-0.05, 0) is 41.8 Å². The molecular weight excluding hydrogens is 329 g/mol. The molecule has 4 nitrogen and oxygen atoms in total. The van der Waals surface area contributed by atoms with Gasteiger partial charge >= 0.3 is 0 Å². The van der Waals surface area contributed by atoms with Crippen LogP contribution in [0.2, 0.25) is 0 Å². The van der Waals surface area contributed by atoms with Gasteiger partial charge < -0.3 is 0 Å². The molecule has 26 heavy (non-hydrogen) atoms. The minimum atomic E-state index is -0.167. The first-order valence-corrected chi connectivity index (χ1v) is 8.56. The number of pyridine rings is 1. The van der Waals surface area contributed by atoms with Crippen molar-refractivity contribution in [1.82, 2.24) is 4.98 Å². The van der Waals surface area contributed by atoms with Gasteiger partial charge in [-0.3, -0.25) is 9.69 Å². The van der Waals surface area contributed by atoms with Crippen LogP contribution >= 0.6 is 0 Å². The van der Waals surface area contributed by atoms with Crippen molar-refractivity contribution in [2.75, 3.05) is 16.6 Å². The number of carbonyl (C=O) groups excluding carboxylic acids is 1. The molecule has 0 unspecified atom stereocenters. The molecule has 3 aromatic rings. The van der Waals surface area contributed by atoms with E-state index in [1.165, 1.54) is 0 Å². The van der Waals surface area contributed by atoms with Crippen LogP contribution in [0.3, 0.4) is 0 Å². The number of carbonyl (C=O) groups is 1. The molecule has 1 aromatic heterocycles. The Morgan fingerprint density at radius 3 is 2.62 bits per heavy atom. The van der Waals surface area contributed by atoms with E-state index in [-0.39, 0.29) is 12.5 Å². The average molecular weight is 347 g/mol. The van der Waals surface area contributed by atoms with Crippen LogP contribution < -0.4 is 10.0 Å². The van der Waals surface area contributed by atoms with Crippen molar-refractivity contribution < 1.29 is 9.28 Å². The summed E-state index contributed by atoms with van der Waals surface area (Å²) >= 11 is 0. The van der Waals surface area contributed by atoms with Crippen LogP contribution in [0.5, 0.6) is 0 Å². The third-order valence-corrected chi connectivity index (χ3v) is 4.56. The summed E-state index contributed by atoms with van der Waals surface area (Å²) in [4.78, 5) is 19.4. The highest BCUT2D eigenvalue weighted by atomic mass is 19.2. The topological polar surface area (TPSA) is 36.4 Å². The molecule has 2 aromatic carbocycles. The predicted octanol–water partition coefficient (Wildman–Crippen LogP) is 4.18. The highest BCUT2D eigenvalue weighted by molar-refractivity contribution is 6.07. The predicted molar refractivity (Wildman–Crippen MR) is 99.8 cm³/mol. The molecule has 0 spiro atoms. The maximum atomic E-state index is 13.9. The summed E-state index contributed by atoms with van der Waals surface area (Å²) < 4.78 is 13.9. The van der Waals surface area contributed by atoms with Gasteiger partial charge in [-0.1, -0.05) is 46.9 Å². The van der Waals surface area contributed by atoms with E-state index < -0.39 is 0 Å². The fraction of sp³-hybridized carbons (Fsp3) is 0.143. The van der Waals surface area contributed by atoms with Gasteiger partial charge in [0.25, 0.3) is 5.91 Å². The smallest absolute Gasteiger partial charge is 0.260 e. The van der Waals surface area contributed by atoms with Gasteiger partial charge in [-0.2, -0.15) is 0 Å². The normalized spacial score (nSPS) is 12.7. The van der Waals surface area contributed by atoms with Crippen LogP contribution in [0.4, 0.5) is 16.0 Å². The molecule has 4 rings (SSSR count). The number of benzene rings is 2. The lowest BCUT2D eigenvalue weighted by Crippen LogP contribution is -2.31.